The molecule has 0 spiro atoms. The van der Waals surface area contributed by atoms with Gasteiger partial charge in [0.05, 0.1) is 5.69 Å². The SMILES string of the molecule is CC(=O)N(c1ccc(C)cc1)[C@H]1SC(=O)N(c2ccccc2)C1=O. The van der Waals surface area contributed by atoms with Crippen LogP contribution in [0.2, 0.25) is 0 Å². The molecule has 0 aromatic heterocycles. The minimum Gasteiger partial charge on any atom is -0.290 e. The van der Waals surface area contributed by atoms with Crippen LogP contribution in [0.5, 0.6) is 0 Å². The maximum absolute atomic E-state index is 12.8. The zero-order chi connectivity index (χ0) is 17.3. The van der Waals surface area contributed by atoms with Gasteiger partial charge in [0.1, 0.15) is 0 Å². The lowest BCUT2D eigenvalue weighted by Crippen LogP contribution is -2.44. The van der Waals surface area contributed by atoms with E-state index in [4.69, 9.17) is 0 Å². The summed E-state index contributed by atoms with van der Waals surface area (Å²) in [6.45, 7) is 3.33. The molecule has 1 aliphatic heterocycles. The molecule has 1 heterocycles. The number of imide groups is 1. The maximum Gasteiger partial charge on any atom is 0.295 e. The van der Waals surface area contributed by atoms with Crippen molar-refractivity contribution in [2.24, 2.45) is 0 Å². The number of para-hydroxylation sites is 1. The van der Waals surface area contributed by atoms with Crippen molar-refractivity contribution >= 4 is 40.2 Å². The Hall–Kier alpha value is -2.60. The molecule has 0 bridgehead atoms. The Balaban J connectivity index is 1.95. The molecule has 0 radical (unpaired) electrons. The molecule has 1 fully saturated rings. The number of aryl methyl sites for hydroxylation is 1. The Bertz CT molecular complexity index is 790. The van der Waals surface area contributed by atoms with Crippen molar-refractivity contribution < 1.29 is 14.4 Å². The number of anilines is 2. The molecule has 2 aromatic carbocycles. The second-order valence-electron chi connectivity index (χ2n) is 5.47. The number of benzene rings is 2. The molecule has 3 rings (SSSR count). The monoisotopic (exact) mass is 340 g/mol. The van der Waals surface area contributed by atoms with Crippen LogP contribution in [-0.2, 0) is 9.59 Å². The van der Waals surface area contributed by atoms with Gasteiger partial charge < -0.3 is 0 Å². The third kappa shape index (κ3) is 2.92. The Morgan fingerprint density at radius 2 is 1.67 bits per heavy atom. The summed E-state index contributed by atoms with van der Waals surface area (Å²) in [5, 5.41) is -1.27. The summed E-state index contributed by atoms with van der Waals surface area (Å²) < 4.78 is 0. The number of hydrogen-bond acceptors (Lipinski definition) is 4. The van der Waals surface area contributed by atoms with E-state index < -0.39 is 11.3 Å². The summed E-state index contributed by atoms with van der Waals surface area (Å²) in [7, 11) is 0. The molecule has 0 N–H and O–H groups in total. The van der Waals surface area contributed by atoms with Gasteiger partial charge in [-0.25, -0.2) is 4.90 Å². The van der Waals surface area contributed by atoms with Gasteiger partial charge in [-0.3, -0.25) is 19.3 Å². The summed E-state index contributed by atoms with van der Waals surface area (Å²) in [4.78, 5) is 39.8. The smallest absolute Gasteiger partial charge is 0.290 e. The average molecular weight is 340 g/mol. The minimum atomic E-state index is -0.891. The fraction of sp³-hybridized carbons (Fsp3) is 0.167. The number of hydrogen-bond donors (Lipinski definition) is 0. The average Bonchev–Trinajstić information content (AvgIpc) is 2.84. The van der Waals surface area contributed by atoms with Crippen LogP contribution in [0, 0.1) is 6.92 Å². The summed E-state index contributed by atoms with van der Waals surface area (Å²) in [6, 6.07) is 16.0. The van der Waals surface area contributed by atoms with E-state index in [0.717, 1.165) is 22.2 Å². The second kappa shape index (κ2) is 6.49. The van der Waals surface area contributed by atoms with Gasteiger partial charge >= 0.3 is 0 Å². The number of carbonyl (C=O) groups is 3. The van der Waals surface area contributed by atoms with Crippen LogP contribution in [0.1, 0.15) is 12.5 Å². The molecule has 1 saturated heterocycles. The molecule has 0 aliphatic carbocycles. The lowest BCUT2D eigenvalue weighted by Gasteiger charge is -2.25. The molecule has 0 unspecified atom stereocenters. The first-order chi connectivity index (χ1) is 11.5. The quantitative estimate of drug-likeness (QED) is 0.857. The number of nitrogens with zero attached hydrogens (tertiary/aromatic N) is 2. The first-order valence-electron chi connectivity index (χ1n) is 7.45. The number of rotatable bonds is 3. The Labute approximate surface area is 144 Å². The summed E-state index contributed by atoms with van der Waals surface area (Å²) in [5.74, 6) is -0.695. The van der Waals surface area contributed by atoms with Gasteiger partial charge in [0.2, 0.25) is 5.91 Å². The van der Waals surface area contributed by atoms with Crippen molar-refractivity contribution in [1.82, 2.24) is 0 Å². The highest BCUT2D eigenvalue weighted by Crippen LogP contribution is 2.35. The molecule has 6 heteroatoms. The highest BCUT2D eigenvalue weighted by molar-refractivity contribution is 8.16. The maximum atomic E-state index is 12.8. The molecule has 3 amide bonds. The van der Waals surface area contributed by atoms with Crippen LogP contribution in [-0.4, -0.2) is 22.4 Å². The molecule has 122 valence electrons. The largest absolute Gasteiger partial charge is 0.295 e. The van der Waals surface area contributed by atoms with Gasteiger partial charge in [-0.15, -0.1) is 0 Å². The summed E-state index contributed by atoms with van der Waals surface area (Å²) in [6.07, 6.45) is 0. The van der Waals surface area contributed by atoms with Crippen molar-refractivity contribution in [2.75, 3.05) is 9.80 Å². The minimum absolute atomic E-state index is 0.285. The van der Waals surface area contributed by atoms with Gasteiger partial charge in [-0.2, -0.15) is 0 Å². The van der Waals surface area contributed by atoms with Gasteiger partial charge in [0.25, 0.3) is 11.1 Å². The Kier molecular flexibility index (Phi) is 4.40. The van der Waals surface area contributed by atoms with E-state index in [9.17, 15) is 14.4 Å². The van der Waals surface area contributed by atoms with E-state index in [1.165, 1.54) is 11.8 Å². The van der Waals surface area contributed by atoms with Gasteiger partial charge in [0, 0.05) is 12.6 Å². The fourth-order valence-corrected chi connectivity index (χ4v) is 3.63. The van der Waals surface area contributed by atoms with Crippen molar-refractivity contribution in [2.45, 2.75) is 19.2 Å². The van der Waals surface area contributed by atoms with Crippen LogP contribution < -0.4 is 9.80 Å². The zero-order valence-electron chi connectivity index (χ0n) is 13.3. The Morgan fingerprint density at radius 1 is 1.04 bits per heavy atom. The zero-order valence-corrected chi connectivity index (χ0v) is 14.1. The van der Waals surface area contributed by atoms with E-state index in [1.54, 1.807) is 36.4 Å². The van der Waals surface area contributed by atoms with E-state index in [2.05, 4.69) is 0 Å². The predicted octanol–water partition coefficient (Wildman–Crippen LogP) is 3.57. The Morgan fingerprint density at radius 3 is 2.25 bits per heavy atom. The van der Waals surface area contributed by atoms with Crippen molar-refractivity contribution in [3.05, 3.63) is 60.2 Å². The van der Waals surface area contributed by atoms with Crippen LogP contribution in [0.4, 0.5) is 16.2 Å². The lowest BCUT2D eigenvalue weighted by molar-refractivity contribution is -0.121. The fourth-order valence-electron chi connectivity index (χ4n) is 2.56. The van der Waals surface area contributed by atoms with Crippen LogP contribution in [0.3, 0.4) is 0 Å². The molecule has 2 aromatic rings. The summed E-state index contributed by atoms with van der Waals surface area (Å²) in [5.41, 5.74) is 2.16. The van der Waals surface area contributed by atoms with Gasteiger partial charge in [-0.1, -0.05) is 35.9 Å². The van der Waals surface area contributed by atoms with Crippen molar-refractivity contribution in [3.63, 3.8) is 0 Å². The molecule has 1 atom stereocenters. The van der Waals surface area contributed by atoms with E-state index in [0.29, 0.717) is 11.4 Å². The number of carbonyl (C=O) groups excluding carboxylic acids is 3. The van der Waals surface area contributed by atoms with Gasteiger partial charge in [0.15, 0.2) is 5.37 Å². The van der Waals surface area contributed by atoms with Crippen molar-refractivity contribution in [1.29, 1.82) is 0 Å². The van der Waals surface area contributed by atoms with Crippen LogP contribution >= 0.6 is 11.8 Å². The van der Waals surface area contributed by atoms with E-state index in [1.807, 2.05) is 25.1 Å². The van der Waals surface area contributed by atoms with E-state index in [-0.39, 0.29) is 11.1 Å². The first-order valence-corrected chi connectivity index (χ1v) is 8.33. The summed E-state index contributed by atoms with van der Waals surface area (Å²) >= 11 is 0.855. The number of amides is 3. The first kappa shape index (κ1) is 16.3. The molecule has 5 nitrogen and oxygen atoms in total. The molecule has 1 aliphatic rings. The standard InChI is InChI=1S/C18H16N2O3S/c1-12-8-10-15(11-9-12)19(13(2)21)17-16(22)20(18(23)24-17)14-6-4-3-5-7-14/h3-11,17H,1-2H3/t17-/m0/s1. The highest BCUT2D eigenvalue weighted by Gasteiger charge is 2.45. The van der Waals surface area contributed by atoms with E-state index >= 15 is 0 Å². The third-order valence-electron chi connectivity index (χ3n) is 3.73. The topological polar surface area (TPSA) is 57.7 Å². The second-order valence-corrected chi connectivity index (χ2v) is 6.50. The molecular formula is C18H16N2O3S. The molecular weight excluding hydrogens is 324 g/mol. The van der Waals surface area contributed by atoms with Gasteiger partial charge in [-0.05, 0) is 43.0 Å². The molecule has 24 heavy (non-hydrogen) atoms. The third-order valence-corrected chi connectivity index (χ3v) is 4.75. The number of thioether (sulfide) groups is 1. The lowest BCUT2D eigenvalue weighted by atomic mass is 10.2. The molecule has 0 saturated carbocycles. The normalized spacial score (nSPS) is 17.2. The van der Waals surface area contributed by atoms with Crippen LogP contribution in [0.25, 0.3) is 0 Å². The van der Waals surface area contributed by atoms with Crippen molar-refractivity contribution in [3.8, 4) is 0 Å². The van der Waals surface area contributed by atoms with Crippen LogP contribution in [0.15, 0.2) is 54.6 Å². The predicted molar refractivity (Wildman–Crippen MR) is 95.0 cm³/mol. The highest BCUT2D eigenvalue weighted by atomic mass is 32.2.